The maximum atomic E-state index is 11.9. The Morgan fingerprint density at radius 1 is 1.23 bits per heavy atom. The number of rotatable bonds is 5. The number of aromatic nitrogens is 3. The van der Waals surface area contributed by atoms with Crippen molar-refractivity contribution in [3.63, 3.8) is 0 Å². The van der Waals surface area contributed by atoms with E-state index in [1.165, 1.54) is 28.7 Å². The van der Waals surface area contributed by atoms with Gasteiger partial charge in [0, 0.05) is 10.9 Å². The Bertz CT molecular complexity index is 895. The normalized spacial score (nSPS) is 11.5. The van der Waals surface area contributed by atoms with E-state index in [2.05, 4.69) is 53.4 Å². The number of thiazole rings is 1. The number of aryl methyl sites for hydroxylation is 1. The number of thioether (sulfide) groups is 1. The zero-order valence-electron chi connectivity index (χ0n) is 15.1. The van der Waals surface area contributed by atoms with E-state index in [1.807, 2.05) is 24.4 Å². The summed E-state index contributed by atoms with van der Waals surface area (Å²) in [7, 11) is 0. The van der Waals surface area contributed by atoms with Gasteiger partial charge in [0.25, 0.3) is 5.22 Å². The van der Waals surface area contributed by atoms with Gasteiger partial charge in [-0.2, -0.15) is 0 Å². The maximum absolute atomic E-state index is 11.9. The molecule has 136 valence electrons. The molecule has 1 aromatic carbocycles. The Labute approximate surface area is 160 Å². The van der Waals surface area contributed by atoms with Gasteiger partial charge in [0.15, 0.2) is 5.13 Å². The van der Waals surface area contributed by atoms with Crippen LogP contribution >= 0.6 is 23.1 Å². The van der Waals surface area contributed by atoms with Gasteiger partial charge in [0.1, 0.15) is 0 Å². The summed E-state index contributed by atoms with van der Waals surface area (Å²) in [5, 5.41) is 13.7. The van der Waals surface area contributed by atoms with Crippen LogP contribution in [0.2, 0.25) is 0 Å². The van der Waals surface area contributed by atoms with Gasteiger partial charge in [0.05, 0.1) is 11.4 Å². The summed E-state index contributed by atoms with van der Waals surface area (Å²) in [6.07, 6.45) is 0. The van der Waals surface area contributed by atoms with E-state index in [-0.39, 0.29) is 17.1 Å². The number of carbonyl (C=O) groups is 1. The van der Waals surface area contributed by atoms with E-state index in [4.69, 9.17) is 4.42 Å². The Morgan fingerprint density at radius 3 is 2.58 bits per heavy atom. The van der Waals surface area contributed by atoms with Crippen LogP contribution < -0.4 is 5.32 Å². The zero-order chi connectivity index (χ0) is 18.7. The van der Waals surface area contributed by atoms with Gasteiger partial charge in [-0.05, 0) is 30.0 Å². The summed E-state index contributed by atoms with van der Waals surface area (Å²) in [5.74, 6) is 0.478. The largest absolute Gasteiger partial charge is 0.411 e. The molecular weight excluding hydrogens is 368 g/mol. The Kier molecular flexibility index (Phi) is 5.43. The average molecular weight is 389 g/mol. The van der Waals surface area contributed by atoms with Crippen LogP contribution in [0.15, 0.2) is 39.3 Å². The Hall–Kier alpha value is -2.19. The molecule has 8 heteroatoms. The van der Waals surface area contributed by atoms with Gasteiger partial charge in [-0.3, -0.25) is 4.79 Å². The summed E-state index contributed by atoms with van der Waals surface area (Å²) in [5.41, 5.74) is 3.08. The van der Waals surface area contributed by atoms with Gasteiger partial charge in [-0.25, -0.2) is 4.98 Å². The van der Waals surface area contributed by atoms with Crippen molar-refractivity contribution < 1.29 is 9.21 Å². The first kappa shape index (κ1) is 18.6. The molecule has 0 saturated carbocycles. The van der Waals surface area contributed by atoms with Crippen LogP contribution in [-0.4, -0.2) is 26.8 Å². The van der Waals surface area contributed by atoms with Crippen LogP contribution in [0, 0.1) is 6.92 Å². The molecule has 0 radical (unpaired) electrons. The predicted molar refractivity (Wildman–Crippen MR) is 105 cm³/mol. The molecule has 0 saturated heterocycles. The summed E-state index contributed by atoms with van der Waals surface area (Å²) in [6, 6.07) is 8.08. The monoisotopic (exact) mass is 388 g/mol. The molecule has 0 aliphatic rings. The molecule has 3 rings (SSSR count). The third-order valence-corrected chi connectivity index (χ3v) is 5.29. The highest BCUT2D eigenvalue weighted by molar-refractivity contribution is 7.99. The first-order chi connectivity index (χ1) is 12.3. The van der Waals surface area contributed by atoms with E-state index in [1.54, 1.807) is 0 Å². The second kappa shape index (κ2) is 7.59. The van der Waals surface area contributed by atoms with Gasteiger partial charge in [0.2, 0.25) is 11.8 Å². The van der Waals surface area contributed by atoms with Crippen molar-refractivity contribution in [1.29, 1.82) is 0 Å². The molecular formula is C18H20N4O2S2. The SMILES string of the molecule is Cc1csc(NC(=O)CSc2nnc(-c3ccc(C(C)(C)C)cc3)o2)n1. The molecule has 6 nitrogen and oxygen atoms in total. The standard InChI is InChI=1S/C18H20N4O2S2/c1-11-9-25-16(19-11)20-14(23)10-26-17-22-21-15(24-17)12-5-7-13(8-6-12)18(2,3)4/h5-9H,10H2,1-4H3,(H,19,20,23). The smallest absolute Gasteiger partial charge is 0.277 e. The molecule has 2 aromatic heterocycles. The highest BCUT2D eigenvalue weighted by atomic mass is 32.2. The molecule has 0 fully saturated rings. The maximum Gasteiger partial charge on any atom is 0.277 e. The number of carbonyl (C=O) groups excluding carboxylic acids is 1. The third kappa shape index (κ3) is 4.70. The molecule has 2 heterocycles. The minimum atomic E-state index is -0.154. The van der Waals surface area contributed by atoms with Crippen LogP contribution in [0.25, 0.3) is 11.5 Å². The molecule has 0 unspecified atom stereocenters. The minimum absolute atomic E-state index is 0.0949. The number of benzene rings is 1. The van der Waals surface area contributed by atoms with E-state index in [0.29, 0.717) is 16.2 Å². The number of nitrogens with zero attached hydrogens (tertiary/aromatic N) is 3. The van der Waals surface area contributed by atoms with Crippen molar-refractivity contribution in [2.75, 3.05) is 11.1 Å². The molecule has 1 N–H and O–H groups in total. The topological polar surface area (TPSA) is 80.9 Å². The van der Waals surface area contributed by atoms with Crippen molar-refractivity contribution in [3.05, 3.63) is 40.9 Å². The predicted octanol–water partition coefficient (Wildman–Crippen LogP) is 4.53. The number of amides is 1. The van der Waals surface area contributed by atoms with Crippen molar-refractivity contribution in [2.24, 2.45) is 0 Å². The number of anilines is 1. The fourth-order valence-electron chi connectivity index (χ4n) is 2.19. The van der Waals surface area contributed by atoms with Gasteiger partial charge < -0.3 is 9.73 Å². The Balaban J connectivity index is 1.58. The van der Waals surface area contributed by atoms with E-state index < -0.39 is 0 Å². The second-order valence-corrected chi connectivity index (χ2v) is 8.62. The highest BCUT2D eigenvalue weighted by Crippen LogP contribution is 2.27. The van der Waals surface area contributed by atoms with Crippen LogP contribution in [0.4, 0.5) is 5.13 Å². The summed E-state index contributed by atoms with van der Waals surface area (Å²) in [6.45, 7) is 8.39. The number of hydrogen-bond acceptors (Lipinski definition) is 7. The van der Waals surface area contributed by atoms with Crippen LogP contribution in [0.5, 0.6) is 0 Å². The fraction of sp³-hybridized carbons (Fsp3) is 0.333. The molecule has 1 amide bonds. The van der Waals surface area contributed by atoms with Crippen LogP contribution in [0.3, 0.4) is 0 Å². The van der Waals surface area contributed by atoms with Crippen molar-refractivity contribution >= 4 is 34.1 Å². The molecule has 26 heavy (non-hydrogen) atoms. The summed E-state index contributed by atoms with van der Waals surface area (Å²) < 4.78 is 5.65. The molecule has 0 aliphatic carbocycles. The fourth-order valence-corrected chi connectivity index (χ4v) is 3.46. The minimum Gasteiger partial charge on any atom is -0.411 e. The quantitative estimate of drug-likeness (QED) is 0.647. The van der Waals surface area contributed by atoms with Crippen LogP contribution in [0.1, 0.15) is 32.0 Å². The number of nitrogens with one attached hydrogen (secondary N) is 1. The third-order valence-electron chi connectivity index (χ3n) is 3.60. The summed E-state index contributed by atoms with van der Waals surface area (Å²) >= 11 is 2.60. The molecule has 0 atom stereocenters. The van der Waals surface area contributed by atoms with Crippen molar-refractivity contribution in [3.8, 4) is 11.5 Å². The first-order valence-electron chi connectivity index (χ1n) is 8.10. The lowest BCUT2D eigenvalue weighted by molar-refractivity contribution is -0.113. The van der Waals surface area contributed by atoms with Gasteiger partial charge in [-0.1, -0.05) is 44.7 Å². The first-order valence-corrected chi connectivity index (χ1v) is 9.97. The zero-order valence-corrected chi connectivity index (χ0v) is 16.7. The summed E-state index contributed by atoms with van der Waals surface area (Å²) in [4.78, 5) is 16.1. The lowest BCUT2D eigenvalue weighted by Crippen LogP contribution is -2.13. The second-order valence-electron chi connectivity index (χ2n) is 6.83. The molecule has 0 aliphatic heterocycles. The van der Waals surface area contributed by atoms with Gasteiger partial charge >= 0.3 is 0 Å². The molecule has 3 aromatic rings. The Morgan fingerprint density at radius 2 is 1.96 bits per heavy atom. The highest BCUT2D eigenvalue weighted by Gasteiger charge is 2.15. The van der Waals surface area contributed by atoms with Crippen LogP contribution in [-0.2, 0) is 10.2 Å². The average Bonchev–Trinajstić information content (AvgIpc) is 3.21. The van der Waals surface area contributed by atoms with Gasteiger partial charge in [-0.15, -0.1) is 21.5 Å². The lowest BCUT2D eigenvalue weighted by Gasteiger charge is -2.18. The molecule has 0 bridgehead atoms. The van der Waals surface area contributed by atoms with E-state index in [0.717, 1.165) is 11.3 Å². The van der Waals surface area contributed by atoms with E-state index in [9.17, 15) is 4.79 Å². The number of hydrogen-bond donors (Lipinski definition) is 1. The molecule has 0 spiro atoms. The van der Waals surface area contributed by atoms with E-state index >= 15 is 0 Å². The lowest BCUT2D eigenvalue weighted by atomic mass is 9.87. The van der Waals surface area contributed by atoms with Crippen molar-refractivity contribution in [2.45, 2.75) is 38.3 Å². The van der Waals surface area contributed by atoms with Crippen molar-refractivity contribution in [1.82, 2.24) is 15.2 Å².